The van der Waals surface area contributed by atoms with Crippen LogP contribution in [-0.4, -0.2) is 40.2 Å². The van der Waals surface area contributed by atoms with Gasteiger partial charge in [-0.05, 0) is 6.92 Å². The van der Waals surface area contributed by atoms with Crippen LogP contribution in [0.4, 0.5) is 10.9 Å². The van der Waals surface area contributed by atoms with Crippen molar-refractivity contribution in [2.24, 2.45) is 11.8 Å². The number of fused-ring (bicyclic) bond motifs is 1. The average Bonchev–Trinajstić information content (AvgIpc) is 3.36. The summed E-state index contributed by atoms with van der Waals surface area (Å²) in [6.45, 7) is 2.10. The van der Waals surface area contributed by atoms with E-state index in [4.69, 9.17) is 9.26 Å². The first-order valence-corrected chi connectivity index (χ1v) is 8.78. The molecule has 3 aliphatic rings. The number of carbonyl (C=O) groups excluding carboxylic acids is 2. The van der Waals surface area contributed by atoms with E-state index in [1.165, 1.54) is 16.2 Å². The third-order valence-electron chi connectivity index (χ3n) is 4.96. The maximum atomic E-state index is 13.0. The number of anilines is 2. The predicted molar refractivity (Wildman–Crippen MR) is 88.1 cm³/mol. The number of thiazole rings is 1. The van der Waals surface area contributed by atoms with Crippen LogP contribution < -0.4 is 10.2 Å². The molecule has 9 heteroatoms. The average molecular weight is 358 g/mol. The van der Waals surface area contributed by atoms with Gasteiger partial charge in [-0.1, -0.05) is 17.3 Å². The fraction of sp³-hybridized carbons (Fsp3) is 0.375. The van der Waals surface area contributed by atoms with Crippen molar-refractivity contribution >= 4 is 34.1 Å². The summed E-state index contributed by atoms with van der Waals surface area (Å²) in [5, 5.41) is 9.01. The van der Waals surface area contributed by atoms with Gasteiger partial charge in [-0.15, -0.1) is 11.3 Å². The molecule has 1 spiro atoms. The molecule has 5 heterocycles. The summed E-state index contributed by atoms with van der Waals surface area (Å²) in [5.41, 5.74) is -0.778. The van der Waals surface area contributed by atoms with Crippen molar-refractivity contribution in [1.29, 1.82) is 0 Å². The highest BCUT2D eigenvalue weighted by atomic mass is 32.1. The molecule has 2 saturated heterocycles. The van der Waals surface area contributed by atoms with Crippen molar-refractivity contribution in [3.05, 3.63) is 35.6 Å². The lowest BCUT2D eigenvalue weighted by atomic mass is 9.77. The first-order chi connectivity index (χ1) is 12.1. The van der Waals surface area contributed by atoms with Gasteiger partial charge in [-0.3, -0.25) is 14.5 Å². The lowest BCUT2D eigenvalue weighted by molar-refractivity contribution is -0.128. The third kappa shape index (κ3) is 2.02. The number of amides is 2. The number of ether oxygens (including phenoxy) is 1. The first-order valence-electron chi connectivity index (χ1n) is 7.90. The van der Waals surface area contributed by atoms with Crippen molar-refractivity contribution in [3.63, 3.8) is 0 Å². The van der Waals surface area contributed by atoms with Crippen LogP contribution in [-0.2, 0) is 14.3 Å². The Bertz CT molecular complexity index is 892. The van der Waals surface area contributed by atoms with E-state index in [0.717, 1.165) is 0 Å². The second-order valence-electron chi connectivity index (χ2n) is 6.45. The van der Waals surface area contributed by atoms with Gasteiger partial charge in [0, 0.05) is 17.6 Å². The van der Waals surface area contributed by atoms with Crippen LogP contribution in [0.25, 0.3) is 0 Å². The molecule has 4 atom stereocenters. The summed E-state index contributed by atoms with van der Waals surface area (Å²) >= 11 is 1.33. The van der Waals surface area contributed by atoms with Gasteiger partial charge in [-0.25, -0.2) is 4.98 Å². The zero-order valence-corrected chi connectivity index (χ0v) is 14.0. The molecule has 8 nitrogen and oxygen atoms in total. The molecule has 0 radical (unpaired) electrons. The lowest BCUT2D eigenvalue weighted by Gasteiger charge is -2.22. The van der Waals surface area contributed by atoms with Gasteiger partial charge in [0.05, 0.1) is 24.5 Å². The second-order valence-corrected chi connectivity index (χ2v) is 7.34. The van der Waals surface area contributed by atoms with Gasteiger partial charge in [0.1, 0.15) is 11.4 Å². The zero-order chi connectivity index (χ0) is 17.2. The molecular weight excluding hydrogens is 344 g/mol. The molecule has 2 fully saturated rings. The Balaban J connectivity index is 1.46. The minimum absolute atomic E-state index is 0.167. The summed E-state index contributed by atoms with van der Waals surface area (Å²) in [6.07, 6.45) is 5.00. The Kier molecular flexibility index (Phi) is 2.95. The Morgan fingerprint density at radius 1 is 1.52 bits per heavy atom. The fourth-order valence-electron chi connectivity index (χ4n) is 3.95. The van der Waals surface area contributed by atoms with Crippen LogP contribution >= 0.6 is 11.3 Å². The molecular formula is C16H14N4O4S. The summed E-state index contributed by atoms with van der Waals surface area (Å²) in [4.78, 5) is 31.4. The SMILES string of the molecule is Cc1cc(N2C[C@@]34C=C[C@@H](O3)[C@@H](C(=O)Nc3nccs3)[C@H]4C2=O)no1. The third-order valence-corrected chi connectivity index (χ3v) is 5.65. The summed E-state index contributed by atoms with van der Waals surface area (Å²) in [6, 6.07) is 1.70. The van der Waals surface area contributed by atoms with E-state index in [0.29, 0.717) is 23.3 Å². The largest absolute Gasteiger partial charge is 0.360 e. The number of nitrogens with one attached hydrogen (secondary N) is 1. The van der Waals surface area contributed by atoms with Crippen molar-refractivity contribution in [2.45, 2.75) is 18.6 Å². The second kappa shape index (κ2) is 4.99. The summed E-state index contributed by atoms with van der Waals surface area (Å²) in [5.74, 6) is -0.497. The van der Waals surface area contributed by atoms with Gasteiger partial charge in [-0.2, -0.15) is 0 Å². The van der Waals surface area contributed by atoms with Crippen molar-refractivity contribution < 1.29 is 18.8 Å². The highest BCUT2D eigenvalue weighted by molar-refractivity contribution is 7.13. The molecule has 0 unspecified atom stereocenters. The molecule has 3 aliphatic heterocycles. The normalized spacial score (nSPS) is 32.4. The maximum absolute atomic E-state index is 13.0. The molecule has 1 N–H and O–H groups in total. The van der Waals surface area contributed by atoms with E-state index in [1.807, 2.05) is 12.2 Å². The number of nitrogens with zero attached hydrogens (tertiary/aromatic N) is 3. The number of aromatic nitrogens is 2. The molecule has 5 rings (SSSR count). The summed E-state index contributed by atoms with van der Waals surface area (Å²) < 4.78 is 11.1. The Morgan fingerprint density at radius 3 is 3.12 bits per heavy atom. The monoisotopic (exact) mass is 358 g/mol. The van der Waals surface area contributed by atoms with Gasteiger partial charge in [0.2, 0.25) is 11.8 Å². The minimum Gasteiger partial charge on any atom is -0.360 e. The van der Waals surface area contributed by atoms with Crippen LogP contribution in [0.2, 0.25) is 0 Å². The number of hydrogen-bond acceptors (Lipinski definition) is 7. The molecule has 2 aromatic heterocycles. The topological polar surface area (TPSA) is 97.6 Å². The molecule has 2 amide bonds. The van der Waals surface area contributed by atoms with Gasteiger partial charge in [0.25, 0.3) is 0 Å². The Morgan fingerprint density at radius 2 is 2.40 bits per heavy atom. The van der Waals surface area contributed by atoms with E-state index < -0.39 is 23.5 Å². The number of rotatable bonds is 3. The van der Waals surface area contributed by atoms with Crippen LogP contribution in [0.15, 0.2) is 34.3 Å². The lowest BCUT2D eigenvalue weighted by Crippen LogP contribution is -2.41. The summed E-state index contributed by atoms with van der Waals surface area (Å²) in [7, 11) is 0. The predicted octanol–water partition coefficient (Wildman–Crippen LogP) is 1.36. The van der Waals surface area contributed by atoms with E-state index in [-0.39, 0.29) is 11.8 Å². The van der Waals surface area contributed by atoms with E-state index in [9.17, 15) is 9.59 Å². The van der Waals surface area contributed by atoms with Gasteiger partial charge in [0.15, 0.2) is 10.9 Å². The highest BCUT2D eigenvalue weighted by Gasteiger charge is 2.67. The molecule has 0 aliphatic carbocycles. The molecule has 0 saturated carbocycles. The molecule has 2 aromatic rings. The van der Waals surface area contributed by atoms with E-state index >= 15 is 0 Å². The quantitative estimate of drug-likeness (QED) is 0.832. The zero-order valence-electron chi connectivity index (χ0n) is 13.2. The highest BCUT2D eigenvalue weighted by Crippen LogP contribution is 2.52. The first kappa shape index (κ1) is 14.8. The van der Waals surface area contributed by atoms with Gasteiger partial charge < -0.3 is 14.6 Å². The van der Waals surface area contributed by atoms with Gasteiger partial charge >= 0.3 is 0 Å². The fourth-order valence-corrected chi connectivity index (χ4v) is 4.48. The Hall–Kier alpha value is -2.52. The van der Waals surface area contributed by atoms with Crippen molar-refractivity contribution in [1.82, 2.24) is 10.1 Å². The number of aryl methyl sites for hydroxylation is 1. The van der Waals surface area contributed by atoms with Crippen LogP contribution in [0.5, 0.6) is 0 Å². The van der Waals surface area contributed by atoms with Crippen molar-refractivity contribution in [2.75, 3.05) is 16.8 Å². The van der Waals surface area contributed by atoms with Crippen LogP contribution in [0, 0.1) is 18.8 Å². The Labute approximate surface area is 146 Å². The van der Waals surface area contributed by atoms with Crippen LogP contribution in [0.3, 0.4) is 0 Å². The maximum Gasteiger partial charge on any atom is 0.235 e. The smallest absolute Gasteiger partial charge is 0.235 e. The molecule has 2 bridgehead atoms. The van der Waals surface area contributed by atoms with E-state index in [2.05, 4.69) is 15.5 Å². The molecule has 25 heavy (non-hydrogen) atoms. The number of carbonyl (C=O) groups is 2. The number of hydrogen-bond donors (Lipinski definition) is 1. The standard InChI is InChI=1S/C16H14N4O4S/c1-8-6-10(19-24-8)20-7-16-3-2-9(23-16)11(12(16)14(20)22)13(21)18-15-17-4-5-25-15/h2-6,9,11-12H,7H2,1H3,(H,17,18,21)/t9-,11-,12+,16-/m1/s1. The molecule has 128 valence electrons. The van der Waals surface area contributed by atoms with E-state index in [1.54, 1.807) is 24.6 Å². The minimum atomic E-state index is -0.778. The molecule has 0 aromatic carbocycles. The van der Waals surface area contributed by atoms with Crippen molar-refractivity contribution in [3.8, 4) is 0 Å². The van der Waals surface area contributed by atoms with Crippen LogP contribution in [0.1, 0.15) is 5.76 Å².